The number of aryl methyl sites for hydroxylation is 2. The fourth-order valence-corrected chi connectivity index (χ4v) is 3.05. The van der Waals surface area contributed by atoms with E-state index in [-0.39, 0.29) is 16.1 Å². The SMILES string of the molecule is Cc1ccc(C)c(NS(=O)(=O)c2cc(N)c(C)c(F)c2)c1. The fraction of sp³-hybridized carbons (Fsp3) is 0.200. The van der Waals surface area contributed by atoms with Crippen LogP contribution >= 0.6 is 0 Å². The lowest BCUT2D eigenvalue weighted by atomic mass is 10.1. The van der Waals surface area contributed by atoms with E-state index in [0.29, 0.717) is 5.69 Å². The zero-order valence-electron chi connectivity index (χ0n) is 12.1. The van der Waals surface area contributed by atoms with E-state index in [2.05, 4.69) is 4.72 Å². The first kappa shape index (κ1) is 15.3. The first-order chi connectivity index (χ1) is 9.70. The zero-order valence-corrected chi connectivity index (χ0v) is 12.9. The summed E-state index contributed by atoms with van der Waals surface area (Å²) in [5.74, 6) is -0.642. The minimum Gasteiger partial charge on any atom is -0.398 e. The summed E-state index contributed by atoms with van der Waals surface area (Å²) >= 11 is 0. The third kappa shape index (κ3) is 3.16. The predicted octanol–water partition coefficient (Wildman–Crippen LogP) is 3.13. The molecule has 0 saturated carbocycles. The summed E-state index contributed by atoms with van der Waals surface area (Å²) in [6.07, 6.45) is 0. The van der Waals surface area contributed by atoms with Crippen LogP contribution < -0.4 is 10.5 Å². The summed E-state index contributed by atoms with van der Waals surface area (Å²) in [7, 11) is -3.88. The van der Waals surface area contributed by atoms with E-state index >= 15 is 0 Å². The highest BCUT2D eigenvalue weighted by Gasteiger charge is 2.18. The lowest BCUT2D eigenvalue weighted by molar-refractivity contribution is 0.593. The molecule has 0 spiro atoms. The van der Waals surface area contributed by atoms with Gasteiger partial charge in [0.15, 0.2) is 0 Å². The number of benzene rings is 2. The minimum atomic E-state index is -3.88. The number of nitrogens with one attached hydrogen (secondary N) is 1. The molecule has 0 atom stereocenters. The van der Waals surface area contributed by atoms with Gasteiger partial charge in [0.25, 0.3) is 10.0 Å². The van der Waals surface area contributed by atoms with Crippen molar-refractivity contribution in [3.05, 3.63) is 52.8 Å². The van der Waals surface area contributed by atoms with Gasteiger partial charge in [0.05, 0.1) is 10.6 Å². The Balaban J connectivity index is 2.46. The quantitative estimate of drug-likeness (QED) is 0.856. The molecule has 6 heteroatoms. The Morgan fingerprint density at radius 3 is 2.38 bits per heavy atom. The van der Waals surface area contributed by atoms with E-state index in [9.17, 15) is 12.8 Å². The molecule has 0 heterocycles. The van der Waals surface area contributed by atoms with Gasteiger partial charge >= 0.3 is 0 Å². The number of hydrogen-bond acceptors (Lipinski definition) is 3. The molecule has 0 bridgehead atoms. The van der Waals surface area contributed by atoms with E-state index < -0.39 is 15.8 Å². The number of rotatable bonds is 3. The summed E-state index contributed by atoms with van der Waals surface area (Å²) in [6, 6.07) is 7.65. The van der Waals surface area contributed by atoms with E-state index in [4.69, 9.17) is 5.73 Å². The highest BCUT2D eigenvalue weighted by Crippen LogP contribution is 2.24. The average Bonchev–Trinajstić information content (AvgIpc) is 2.39. The Morgan fingerprint density at radius 2 is 1.76 bits per heavy atom. The lowest BCUT2D eigenvalue weighted by Gasteiger charge is -2.12. The molecule has 2 aromatic rings. The Hall–Kier alpha value is -2.08. The number of anilines is 2. The van der Waals surface area contributed by atoms with Crippen molar-refractivity contribution < 1.29 is 12.8 Å². The highest BCUT2D eigenvalue weighted by atomic mass is 32.2. The predicted molar refractivity (Wildman–Crippen MR) is 82.3 cm³/mol. The standard InChI is InChI=1S/C15H17FN2O2S/c1-9-4-5-10(2)15(6-9)18-21(19,20)12-7-13(16)11(3)14(17)8-12/h4-8,18H,17H2,1-3H3. The monoisotopic (exact) mass is 308 g/mol. The molecule has 0 amide bonds. The summed E-state index contributed by atoms with van der Waals surface area (Å²) in [4.78, 5) is -0.191. The Morgan fingerprint density at radius 1 is 1.10 bits per heavy atom. The highest BCUT2D eigenvalue weighted by molar-refractivity contribution is 7.92. The molecule has 21 heavy (non-hydrogen) atoms. The maximum Gasteiger partial charge on any atom is 0.262 e. The van der Waals surface area contributed by atoms with Crippen LogP contribution in [0.1, 0.15) is 16.7 Å². The normalized spacial score (nSPS) is 11.4. The van der Waals surface area contributed by atoms with Crippen LogP contribution in [0.25, 0.3) is 0 Å². The maximum atomic E-state index is 13.7. The molecule has 0 unspecified atom stereocenters. The second-order valence-corrected chi connectivity index (χ2v) is 6.73. The second kappa shape index (κ2) is 5.37. The number of hydrogen-bond donors (Lipinski definition) is 2. The maximum absolute atomic E-state index is 13.7. The molecule has 0 radical (unpaired) electrons. The van der Waals surface area contributed by atoms with Crippen molar-refractivity contribution in [1.82, 2.24) is 0 Å². The van der Waals surface area contributed by atoms with Crippen molar-refractivity contribution >= 4 is 21.4 Å². The van der Waals surface area contributed by atoms with Crippen LogP contribution in [0.4, 0.5) is 15.8 Å². The van der Waals surface area contributed by atoms with E-state index in [1.54, 1.807) is 13.0 Å². The van der Waals surface area contributed by atoms with Gasteiger partial charge in [-0.05, 0) is 50.1 Å². The van der Waals surface area contributed by atoms with Crippen LogP contribution in [0.3, 0.4) is 0 Å². The van der Waals surface area contributed by atoms with Crippen LogP contribution in [0.5, 0.6) is 0 Å². The molecule has 2 aromatic carbocycles. The molecular weight excluding hydrogens is 291 g/mol. The third-order valence-electron chi connectivity index (χ3n) is 3.31. The Bertz CT molecular complexity index is 778. The molecular formula is C15H17FN2O2S. The summed E-state index contributed by atoms with van der Waals surface area (Å²) in [5, 5.41) is 0. The van der Waals surface area contributed by atoms with Gasteiger partial charge in [-0.15, -0.1) is 0 Å². The summed E-state index contributed by atoms with van der Waals surface area (Å²) < 4.78 is 40.8. The Kier molecular flexibility index (Phi) is 3.91. The second-order valence-electron chi connectivity index (χ2n) is 5.04. The van der Waals surface area contributed by atoms with Crippen molar-refractivity contribution in [2.45, 2.75) is 25.7 Å². The molecule has 0 aromatic heterocycles. The molecule has 3 N–H and O–H groups in total. The van der Waals surface area contributed by atoms with Crippen molar-refractivity contribution in [3.63, 3.8) is 0 Å². The van der Waals surface area contributed by atoms with Crippen molar-refractivity contribution in [2.75, 3.05) is 10.5 Å². The zero-order chi connectivity index (χ0) is 15.8. The van der Waals surface area contributed by atoms with Gasteiger partial charge in [0.2, 0.25) is 0 Å². The first-order valence-corrected chi connectivity index (χ1v) is 7.85. The van der Waals surface area contributed by atoms with Gasteiger partial charge in [-0.1, -0.05) is 12.1 Å². The van der Waals surface area contributed by atoms with Crippen LogP contribution in [0, 0.1) is 26.6 Å². The topological polar surface area (TPSA) is 72.2 Å². The number of nitrogens with two attached hydrogens (primary N) is 1. The van der Waals surface area contributed by atoms with Gasteiger partial charge in [0, 0.05) is 11.3 Å². The van der Waals surface area contributed by atoms with E-state index in [1.807, 2.05) is 19.1 Å². The van der Waals surface area contributed by atoms with Crippen molar-refractivity contribution in [2.24, 2.45) is 0 Å². The van der Waals surface area contributed by atoms with Gasteiger partial charge in [-0.3, -0.25) is 4.72 Å². The van der Waals surface area contributed by atoms with Gasteiger partial charge in [-0.2, -0.15) is 0 Å². The fourth-order valence-electron chi connectivity index (χ4n) is 1.88. The van der Waals surface area contributed by atoms with Crippen LogP contribution in [-0.2, 0) is 10.0 Å². The summed E-state index contributed by atoms with van der Waals surface area (Å²) in [6.45, 7) is 5.15. The molecule has 0 aliphatic heterocycles. The third-order valence-corrected chi connectivity index (χ3v) is 4.65. The molecule has 0 saturated heterocycles. The Labute approximate surface area is 123 Å². The molecule has 0 aliphatic carbocycles. The first-order valence-electron chi connectivity index (χ1n) is 6.36. The van der Waals surface area contributed by atoms with Crippen LogP contribution in [0.15, 0.2) is 35.2 Å². The minimum absolute atomic E-state index is 0.108. The van der Waals surface area contributed by atoms with Gasteiger partial charge in [0.1, 0.15) is 5.82 Å². The van der Waals surface area contributed by atoms with Gasteiger partial charge in [-0.25, -0.2) is 12.8 Å². The lowest BCUT2D eigenvalue weighted by Crippen LogP contribution is -2.15. The van der Waals surface area contributed by atoms with E-state index in [1.165, 1.54) is 13.0 Å². The smallest absolute Gasteiger partial charge is 0.262 e. The van der Waals surface area contributed by atoms with Crippen LogP contribution in [0.2, 0.25) is 0 Å². The number of nitrogen functional groups attached to an aromatic ring is 1. The largest absolute Gasteiger partial charge is 0.398 e. The van der Waals surface area contributed by atoms with E-state index in [0.717, 1.165) is 17.2 Å². The van der Waals surface area contributed by atoms with Crippen molar-refractivity contribution in [1.29, 1.82) is 0 Å². The number of sulfonamides is 1. The molecule has 0 aliphatic rings. The van der Waals surface area contributed by atoms with Crippen molar-refractivity contribution in [3.8, 4) is 0 Å². The molecule has 2 rings (SSSR count). The molecule has 0 fully saturated rings. The number of halogens is 1. The van der Waals surface area contributed by atoms with Gasteiger partial charge < -0.3 is 5.73 Å². The van der Waals surface area contributed by atoms with Crippen LogP contribution in [-0.4, -0.2) is 8.42 Å². The average molecular weight is 308 g/mol. The molecule has 112 valence electrons. The summed E-state index contributed by atoms with van der Waals surface area (Å²) in [5.41, 5.74) is 8.15. The molecule has 4 nitrogen and oxygen atoms in total.